The van der Waals surface area contributed by atoms with Crippen molar-refractivity contribution in [3.63, 3.8) is 0 Å². The van der Waals surface area contributed by atoms with Crippen LogP contribution in [-0.2, 0) is 9.53 Å². The minimum Gasteiger partial charge on any atom is -0.480 e. The number of carboxylic acids is 1. The molecule has 1 saturated carbocycles. The minimum atomic E-state index is -0.918. The van der Waals surface area contributed by atoms with Crippen LogP contribution < -0.4 is 5.73 Å². The first-order chi connectivity index (χ1) is 6.18. The van der Waals surface area contributed by atoms with E-state index in [1.54, 1.807) is 0 Å². The Bertz CT molecular complexity index is 176. The summed E-state index contributed by atoms with van der Waals surface area (Å²) >= 11 is 0. The highest BCUT2D eigenvalue weighted by Crippen LogP contribution is 2.30. The van der Waals surface area contributed by atoms with Crippen molar-refractivity contribution in [3.05, 3.63) is 0 Å². The fourth-order valence-electron chi connectivity index (χ4n) is 1.82. The molecule has 1 rings (SSSR count). The molecule has 0 spiro atoms. The summed E-state index contributed by atoms with van der Waals surface area (Å²) in [7, 11) is 0. The molecule has 0 heterocycles. The predicted octanol–water partition coefficient (Wildman–Crippen LogP) is 0.749. The van der Waals surface area contributed by atoms with E-state index in [-0.39, 0.29) is 12.2 Å². The van der Waals surface area contributed by atoms with E-state index in [1.165, 1.54) is 6.42 Å². The number of carbonyl (C=O) groups is 1. The lowest BCUT2D eigenvalue weighted by Crippen LogP contribution is -2.43. The zero-order chi connectivity index (χ0) is 9.73. The highest BCUT2D eigenvalue weighted by molar-refractivity contribution is 5.68. The maximum atomic E-state index is 10.3. The number of nitrogens with two attached hydrogens (primary N) is 1. The van der Waals surface area contributed by atoms with E-state index in [4.69, 9.17) is 15.6 Å². The van der Waals surface area contributed by atoms with Crippen LogP contribution in [0.4, 0.5) is 0 Å². The number of aliphatic carboxylic acids is 1. The van der Waals surface area contributed by atoms with Crippen LogP contribution in [-0.4, -0.2) is 29.8 Å². The van der Waals surface area contributed by atoms with E-state index in [0.29, 0.717) is 6.54 Å². The van der Waals surface area contributed by atoms with Gasteiger partial charge in [-0.2, -0.15) is 0 Å². The molecule has 3 N–H and O–H groups in total. The average Bonchev–Trinajstić information content (AvgIpc) is 2.16. The van der Waals surface area contributed by atoms with Crippen molar-refractivity contribution in [1.29, 1.82) is 0 Å². The summed E-state index contributed by atoms with van der Waals surface area (Å²) in [4.78, 5) is 10.3. The monoisotopic (exact) mass is 187 g/mol. The summed E-state index contributed by atoms with van der Waals surface area (Å²) in [5.41, 5.74) is 5.26. The molecule has 0 bridgehead atoms. The lowest BCUT2D eigenvalue weighted by Gasteiger charge is -2.35. The molecular formula is C9H17NO3. The van der Waals surface area contributed by atoms with Crippen LogP contribution in [0.25, 0.3) is 0 Å². The van der Waals surface area contributed by atoms with Gasteiger partial charge in [-0.05, 0) is 12.8 Å². The fourth-order valence-corrected chi connectivity index (χ4v) is 1.82. The number of carboxylic acid groups (broad SMARTS) is 1. The molecule has 0 aromatic heterocycles. The second kappa shape index (κ2) is 4.58. The normalized spacial score (nSPS) is 21.3. The van der Waals surface area contributed by atoms with Gasteiger partial charge in [-0.3, -0.25) is 0 Å². The highest BCUT2D eigenvalue weighted by Gasteiger charge is 2.31. The molecule has 1 aliphatic carbocycles. The molecule has 4 nitrogen and oxygen atoms in total. The van der Waals surface area contributed by atoms with Crippen molar-refractivity contribution in [2.24, 2.45) is 5.73 Å². The van der Waals surface area contributed by atoms with Gasteiger partial charge in [0, 0.05) is 6.54 Å². The molecule has 13 heavy (non-hydrogen) atoms. The van der Waals surface area contributed by atoms with E-state index < -0.39 is 5.97 Å². The van der Waals surface area contributed by atoms with Gasteiger partial charge in [-0.25, -0.2) is 4.79 Å². The zero-order valence-corrected chi connectivity index (χ0v) is 7.79. The maximum absolute atomic E-state index is 10.3. The maximum Gasteiger partial charge on any atom is 0.329 e. The first kappa shape index (κ1) is 10.5. The summed E-state index contributed by atoms with van der Waals surface area (Å²) < 4.78 is 5.36. The average molecular weight is 187 g/mol. The van der Waals surface area contributed by atoms with Crippen LogP contribution in [0.1, 0.15) is 32.1 Å². The summed E-state index contributed by atoms with van der Waals surface area (Å²) in [5, 5.41) is 8.49. The third kappa shape index (κ3) is 2.97. The van der Waals surface area contributed by atoms with Crippen molar-refractivity contribution < 1.29 is 14.6 Å². The van der Waals surface area contributed by atoms with E-state index in [2.05, 4.69) is 0 Å². The Morgan fingerprint density at radius 1 is 1.38 bits per heavy atom. The standard InChI is InChI=1S/C9H17NO3/c10-7-9(13-6-8(11)12)4-2-1-3-5-9/h1-7,10H2,(H,11,12). The Hall–Kier alpha value is -0.610. The molecule has 1 fully saturated rings. The van der Waals surface area contributed by atoms with Gasteiger partial charge in [0.25, 0.3) is 0 Å². The lowest BCUT2D eigenvalue weighted by molar-refractivity contribution is -0.151. The van der Waals surface area contributed by atoms with Crippen molar-refractivity contribution >= 4 is 5.97 Å². The van der Waals surface area contributed by atoms with E-state index >= 15 is 0 Å². The summed E-state index contributed by atoms with van der Waals surface area (Å²) in [6, 6.07) is 0. The lowest BCUT2D eigenvalue weighted by atomic mass is 9.85. The molecule has 1 aliphatic rings. The Labute approximate surface area is 78.1 Å². The largest absolute Gasteiger partial charge is 0.480 e. The third-order valence-electron chi connectivity index (χ3n) is 2.64. The molecular weight excluding hydrogens is 170 g/mol. The van der Waals surface area contributed by atoms with Gasteiger partial charge in [0.1, 0.15) is 6.61 Å². The molecule has 0 atom stereocenters. The van der Waals surface area contributed by atoms with Crippen LogP contribution in [0.2, 0.25) is 0 Å². The minimum absolute atomic E-state index is 0.225. The SMILES string of the molecule is NCC1(OCC(=O)O)CCCCC1. The van der Waals surface area contributed by atoms with Gasteiger partial charge < -0.3 is 15.6 Å². The van der Waals surface area contributed by atoms with Crippen molar-refractivity contribution in [1.82, 2.24) is 0 Å². The Morgan fingerprint density at radius 2 is 2.00 bits per heavy atom. The molecule has 0 amide bonds. The second-order valence-electron chi connectivity index (χ2n) is 3.63. The van der Waals surface area contributed by atoms with Gasteiger partial charge in [0.05, 0.1) is 5.60 Å². The Kier molecular flexibility index (Phi) is 3.69. The number of hydrogen-bond acceptors (Lipinski definition) is 3. The smallest absolute Gasteiger partial charge is 0.329 e. The Morgan fingerprint density at radius 3 is 2.46 bits per heavy atom. The molecule has 0 unspecified atom stereocenters. The van der Waals surface area contributed by atoms with Crippen LogP contribution in [0.3, 0.4) is 0 Å². The van der Waals surface area contributed by atoms with Gasteiger partial charge in [-0.1, -0.05) is 19.3 Å². The van der Waals surface area contributed by atoms with Gasteiger partial charge >= 0.3 is 5.97 Å². The number of rotatable bonds is 4. The zero-order valence-electron chi connectivity index (χ0n) is 7.79. The van der Waals surface area contributed by atoms with Gasteiger partial charge in [0.15, 0.2) is 0 Å². The summed E-state index contributed by atoms with van der Waals surface area (Å²) in [6.07, 6.45) is 5.19. The molecule has 4 heteroatoms. The summed E-state index contributed by atoms with van der Waals surface area (Å²) in [5.74, 6) is -0.918. The van der Waals surface area contributed by atoms with E-state index in [0.717, 1.165) is 25.7 Å². The highest BCUT2D eigenvalue weighted by atomic mass is 16.5. The molecule has 0 aliphatic heterocycles. The third-order valence-corrected chi connectivity index (χ3v) is 2.64. The van der Waals surface area contributed by atoms with Crippen LogP contribution in [0.15, 0.2) is 0 Å². The first-order valence-electron chi connectivity index (χ1n) is 4.74. The van der Waals surface area contributed by atoms with Crippen LogP contribution >= 0.6 is 0 Å². The van der Waals surface area contributed by atoms with Gasteiger partial charge in [0.2, 0.25) is 0 Å². The van der Waals surface area contributed by atoms with Crippen LogP contribution in [0, 0.1) is 0 Å². The fraction of sp³-hybridized carbons (Fsp3) is 0.889. The molecule has 0 radical (unpaired) electrons. The first-order valence-corrected chi connectivity index (χ1v) is 4.74. The van der Waals surface area contributed by atoms with Crippen molar-refractivity contribution in [2.75, 3.05) is 13.2 Å². The quantitative estimate of drug-likeness (QED) is 0.681. The van der Waals surface area contributed by atoms with E-state index in [9.17, 15) is 4.79 Å². The van der Waals surface area contributed by atoms with Crippen molar-refractivity contribution in [2.45, 2.75) is 37.7 Å². The molecule has 0 saturated heterocycles. The molecule has 0 aromatic rings. The summed E-state index contributed by atoms with van der Waals surface area (Å²) in [6.45, 7) is 0.206. The topological polar surface area (TPSA) is 72.5 Å². The van der Waals surface area contributed by atoms with Crippen LogP contribution in [0.5, 0.6) is 0 Å². The predicted molar refractivity (Wildman–Crippen MR) is 48.5 cm³/mol. The number of ether oxygens (including phenoxy) is 1. The number of hydrogen-bond donors (Lipinski definition) is 2. The molecule has 76 valence electrons. The Balaban J connectivity index is 2.42. The van der Waals surface area contributed by atoms with E-state index in [1.807, 2.05) is 0 Å². The second-order valence-corrected chi connectivity index (χ2v) is 3.63. The van der Waals surface area contributed by atoms with Gasteiger partial charge in [-0.15, -0.1) is 0 Å². The molecule has 0 aromatic carbocycles. The van der Waals surface area contributed by atoms with Crippen molar-refractivity contribution in [3.8, 4) is 0 Å².